The van der Waals surface area contributed by atoms with Gasteiger partial charge in [-0.1, -0.05) is 38.0 Å². The predicted octanol–water partition coefficient (Wildman–Crippen LogP) is 3.66. The molecule has 1 amide bonds. The molecule has 2 atom stereocenters. The number of hydrogen-bond donors (Lipinski definition) is 1. The number of halogens is 1. The van der Waals surface area contributed by atoms with E-state index in [0.29, 0.717) is 12.5 Å². The summed E-state index contributed by atoms with van der Waals surface area (Å²) in [7, 11) is 1.96. The minimum Gasteiger partial charge on any atom is -0.399 e. The maximum atomic E-state index is 12.3. The molecule has 0 bridgehead atoms. The van der Waals surface area contributed by atoms with Crippen molar-refractivity contribution >= 4 is 24.0 Å². The van der Waals surface area contributed by atoms with E-state index >= 15 is 0 Å². The van der Waals surface area contributed by atoms with E-state index in [2.05, 4.69) is 6.92 Å². The first-order chi connectivity index (χ1) is 9.58. The highest BCUT2D eigenvalue weighted by Gasteiger charge is 2.25. The SMILES string of the molecule is CC1CCCC(N(C)C(=O)CCc2ccccc2N)C1.Cl. The molecule has 1 fully saturated rings. The van der Waals surface area contributed by atoms with Crippen LogP contribution in [0.3, 0.4) is 0 Å². The van der Waals surface area contributed by atoms with Crippen LogP contribution in [0.1, 0.15) is 44.6 Å². The highest BCUT2D eigenvalue weighted by Crippen LogP contribution is 2.27. The summed E-state index contributed by atoms with van der Waals surface area (Å²) >= 11 is 0. The zero-order chi connectivity index (χ0) is 14.5. The third-order valence-electron chi connectivity index (χ3n) is 4.51. The van der Waals surface area contributed by atoms with Crippen molar-refractivity contribution in [1.29, 1.82) is 0 Å². The van der Waals surface area contributed by atoms with Crippen molar-refractivity contribution in [3.8, 4) is 0 Å². The Kier molecular flexibility index (Phi) is 7.03. The van der Waals surface area contributed by atoms with Gasteiger partial charge in [-0.2, -0.15) is 0 Å². The fourth-order valence-electron chi connectivity index (χ4n) is 3.14. The number of hydrogen-bond acceptors (Lipinski definition) is 2. The predicted molar refractivity (Wildman–Crippen MR) is 90.6 cm³/mol. The van der Waals surface area contributed by atoms with Gasteiger partial charge in [-0.15, -0.1) is 12.4 Å². The molecular weight excluding hydrogens is 284 g/mol. The molecule has 4 heteroatoms. The molecule has 1 aliphatic rings. The van der Waals surface area contributed by atoms with Gasteiger partial charge in [0, 0.05) is 25.2 Å². The fraction of sp³-hybridized carbons (Fsp3) is 0.588. The third-order valence-corrected chi connectivity index (χ3v) is 4.51. The molecule has 2 N–H and O–H groups in total. The molecule has 1 aliphatic carbocycles. The number of benzene rings is 1. The highest BCUT2D eigenvalue weighted by atomic mass is 35.5. The lowest BCUT2D eigenvalue weighted by Gasteiger charge is -2.34. The molecule has 1 saturated carbocycles. The van der Waals surface area contributed by atoms with Crippen LogP contribution in [0.4, 0.5) is 5.69 Å². The van der Waals surface area contributed by atoms with Gasteiger partial charge in [-0.25, -0.2) is 0 Å². The molecule has 3 nitrogen and oxygen atoms in total. The van der Waals surface area contributed by atoms with Crippen LogP contribution < -0.4 is 5.73 Å². The van der Waals surface area contributed by atoms with E-state index in [1.54, 1.807) is 0 Å². The Hall–Kier alpha value is -1.22. The quantitative estimate of drug-likeness (QED) is 0.863. The Morgan fingerprint density at radius 3 is 2.71 bits per heavy atom. The lowest BCUT2D eigenvalue weighted by molar-refractivity contribution is -0.132. The molecule has 0 heterocycles. The second-order valence-electron chi connectivity index (χ2n) is 6.13. The van der Waals surface area contributed by atoms with E-state index in [1.807, 2.05) is 36.2 Å². The van der Waals surface area contributed by atoms with Crippen molar-refractivity contribution < 1.29 is 4.79 Å². The molecule has 2 unspecified atom stereocenters. The number of nitrogens with two attached hydrogens (primary N) is 1. The number of nitrogens with zero attached hydrogens (tertiary/aromatic N) is 1. The van der Waals surface area contributed by atoms with Gasteiger partial charge in [0.15, 0.2) is 0 Å². The van der Waals surface area contributed by atoms with Gasteiger partial charge in [-0.05, 0) is 36.8 Å². The largest absolute Gasteiger partial charge is 0.399 e. The van der Waals surface area contributed by atoms with E-state index in [4.69, 9.17) is 5.73 Å². The molecule has 0 aromatic heterocycles. The molecule has 0 saturated heterocycles. The molecule has 118 valence electrons. The van der Waals surface area contributed by atoms with Crippen LogP contribution in [-0.2, 0) is 11.2 Å². The molecule has 2 rings (SSSR count). The number of carbonyl (C=O) groups excluding carboxylic acids is 1. The van der Waals surface area contributed by atoms with Crippen LogP contribution in [0.25, 0.3) is 0 Å². The molecule has 1 aromatic rings. The smallest absolute Gasteiger partial charge is 0.222 e. The normalized spacial score (nSPS) is 21.4. The number of carbonyl (C=O) groups is 1. The van der Waals surface area contributed by atoms with Gasteiger partial charge in [0.1, 0.15) is 0 Å². The van der Waals surface area contributed by atoms with Crippen LogP contribution in [0, 0.1) is 5.92 Å². The molecular formula is C17H27ClN2O. The Bertz CT molecular complexity index is 464. The first kappa shape index (κ1) is 17.8. The summed E-state index contributed by atoms with van der Waals surface area (Å²) in [5.41, 5.74) is 7.78. The van der Waals surface area contributed by atoms with E-state index in [1.165, 1.54) is 12.8 Å². The topological polar surface area (TPSA) is 46.3 Å². The summed E-state index contributed by atoms with van der Waals surface area (Å²) in [6, 6.07) is 8.23. The molecule has 0 spiro atoms. The first-order valence-electron chi connectivity index (χ1n) is 7.67. The highest BCUT2D eigenvalue weighted by molar-refractivity contribution is 5.85. The van der Waals surface area contributed by atoms with Crippen LogP contribution in [0.5, 0.6) is 0 Å². The Balaban J connectivity index is 0.00000220. The van der Waals surface area contributed by atoms with Crippen molar-refractivity contribution in [3.05, 3.63) is 29.8 Å². The van der Waals surface area contributed by atoms with Gasteiger partial charge in [0.2, 0.25) is 5.91 Å². The van der Waals surface area contributed by atoms with Gasteiger partial charge in [0.05, 0.1) is 0 Å². The van der Waals surface area contributed by atoms with E-state index in [9.17, 15) is 4.79 Å². The summed E-state index contributed by atoms with van der Waals surface area (Å²) in [6.07, 6.45) is 6.14. The minimum absolute atomic E-state index is 0. The zero-order valence-electron chi connectivity index (χ0n) is 13.0. The summed E-state index contributed by atoms with van der Waals surface area (Å²) < 4.78 is 0. The number of rotatable bonds is 4. The Morgan fingerprint density at radius 1 is 1.33 bits per heavy atom. The second-order valence-corrected chi connectivity index (χ2v) is 6.13. The molecule has 0 radical (unpaired) electrons. The lowest BCUT2D eigenvalue weighted by atomic mass is 9.86. The molecule has 1 aromatic carbocycles. The van der Waals surface area contributed by atoms with Crippen molar-refractivity contribution in [2.75, 3.05) is 12.8 Å². The van der Waals surface area contributed by atoms with E-state index in [-0.39, 0.29) is 18.3 Å². The Labute approximate surface area is 134 Å². The summed E-state index contributed by atoms with van der Waals surface area (Å²) in [6.45, 7) is 2.29. The molecule has 0 aliphatic heterocycles. The standard InChI is InChI=1S/C17H26N2O.ClH/c1-13-6-5-8-15(12-13)19(2)17(20)11-10-14-7-3-4-9-16(14)18;/h3-4,7,9,13,15H,5-6,8,10-12,18H2,1-2H3;1H. The number of anilines is 1. The summed E-state index contributed by atoms with van der Waals surface area (Å²) in [5.74, 6) is 0.987. The fourth-order valence-corrected chi connectivity index (χ4v) is 3.14. The van der Waals surface area contributed by atoms with Gasteiger partial charge < -0.3 is 10.6 Å². The summed E-state index contributed by atoms with van der Waals surface area (Å²) in [4.78, 5) is 14.3. The zero-order valence-corrected chi connectivity index (χ0v) is 13.9. The van der Waals surface area contributed by atoms with Crippen molar-refractivity contribution in [2.45, 2.75) is 51.5 Å². The van der Waals surface area contributed by atoms with Crippen molar-refractivity contribution in [1.82, 2.24) is 4.90 Å². The van der Waals surface area contributed by atoms with Crippen LogP contribution in [0.15, 0.2) is 24.3 Å². The van der Waals surface area contributed by atoms with Crippen molar-refractivity contribution in [2.24, 2.45) is 5.92 Å². The van der Waals surface area contributed by atoms with Gasteiger partial charge >= 0.3 is 0 Å². The second kappa shape index (κ2) is 8.28. The van der Waals surface area contributed by atoms with E-state index < -0.39 is 0 Å². The van der Waals surface area contributed by atoms with Gasteiger partial charge in [0.25, 0.3) is 0 Å². The van der Waals surface area contributed by atoms with E-state index in [0.717, 1.165) is 36.4 Å². The summed E-state index contributed by atoms with van der Waals surface area (Å²) in [5, 5.41) is 0. The number of aryl methyl sites for hydroxylation is 1. The number of para-hydroxylation sites is 1. The van der Waals surface area contributed by atoms with Crippen molar-refractivity contribution in [3.63, 3.8) is 0 Å². The minimum atomic E-state index is 0. The van der Waals surface area contributed by atoms with Crippen LogP contribution in [-0.4, -0.2) is 23.9 Å². The monoisotopic (exact) mass is 310 g/mol. The number of amides is 1. The lowest BCUT2D eigenvalue weighted by Crippen LogP contribution is -2.39. The number of nitrogen functional groups attached to an aromatic ring is 1. The average molecular weight is 311 g/mol. The third kappa shape index (κ3) is 4.92. The van der Waals surface area contributed by atoms with Gasteiger partial charge in [-0.3, -0.25) is 4.79 Å². The maximum absolute atomic E-state index is 12.3. The maximum Gasteiger partial charge on any atom is 0.222 e. The average Bonchev–Trinajstić information content (AvgIpc) is 2.45. The van der Waals surface area contributed by atoms with Crippen LogP contribution >= 0.6 is 12.4 Å². The Morgan fingerprint density at radius 2 is 2.05 bits per heavy atom. The first-order valence-corrected chi connectivity index (χ1v) is 7.67. The molecule has 21 heavy (non-hydrogen) atoms. The van der Waals surface area contributed by atoms with Crippen LogP contribution in [0.2, 0.25) is 0 Å².